The highest BCUT2D eigenvalue weighted by Gasteiger charge is 2.25. The Morgan fingerprint density at radius 2 is 1.16 bits per heavy atom. The summed E-state index contributed by atoms with van der Waals surface area (Å²) in [5.41, 5.74) is 8.08. The molecule has 0 aliphatic heterocycles. The summed E-state index contributed by atoms with van der Waals surface area (Å²) in [7, 11) is 0. The van der Waals surface area contributed by atoms with E-state index in [9.17, 15) is 0 Å². The summed E-state index contributed by atoms with van der Waals surface area (Å²) in [6.07, 6.45) is 0. The van der Waals surface area contributed by atoms with Crippen molar-refractivity contribution in [3.05, 3.63) is 158 Å². The first kappa shape index (κ1) is 25.8. The van der Waals surface area contributed by atoms with Crippen LogP contribution in [0.25, 0.3) is 64.6 Å². The first-order valence-corrected chi connectivity index (χ1v) is 15.9. The second-order valence-corrected chi connectivity index (χ2v) is 12.3. The van der Waals surface area contributed by atoms with Crippen LogP contribution in [0.2, 0.25) is 0 Å². The van der Waals surface area contributed by atoms with E-state index in [1.165, 1.54) is 42.1 Å². The summed E-state index contributed by atoms with van der Waals surface area (Å²) in [6.45, 7) is 0. The molecule has 9 aromatic rings. The number of oxazole rings is 1. The van der Waals surface area contributed by atoms with Crippen LogP contribution in [0.3, 0.4) is 0 Å². The van der Waals surface area contributed by atoms with Crippen LogP contribution in [0.15, 0.2) is 162 Å². The zero-order chi connectivity index (χ0) is 29.7. The molecule has 212 valence electrons. The standard InChI is InChI=1S/C41H26N2OS/c1-3-11-27(12-4-1)29-19-22-32(23-20-29)43(33-24-21-28-13-7-8-16-31(28)25-33)40-38-34-17-9-10-18-36(34)45-37(38)26-35-39(40)42-41(44-35)30-14-5-2-6-15-30/h1-26H. The molecule has 9 rings (SSSR count). The molecule has 0 bridgehead atoms. The number of nitrogens with zero attached hydrogens (tertiary/aromatic N) is 2. The first-order chi connectivity index (χ1) is 22.3. The first-order valence-electron chi connectivity index (χ1n) is 15.0. The zero-order valence-electron chi connectivity index (χ0n) is 24.2. The van der Waals surface area contributed by atoms with Crippen LogP contribution in [-0.2, 0) is 0 Å². The maximum Gasteiger partial charge on any atom is 0.227 e. The van der Waals surface area contributed by atoms with E-state index in [1.807, 2.05) is 30.3 Å². The molecule has 7 aromatic carbocycles. The normalized spacial score (nSPS) is 11.6. The molecule has 0 aliphatic carbocycles. The van der Waals surface area contributed by atoms with Gasteiger partial charge in [-0.05, 0) is 64.4 Å². The lowest BCUT2D eigenvalue weighted by Gasteiger charge is -2.27. The van der Waals surface area contributed by atoms with Crippen molar-refractivity contribution in [2.45, 2.75) is 0 Å². The van der Waals surface area contributed by atoms with E-state index in [0.29, 0.717) is 5.89 Å². The third-order valence-electron chi connectivity index (χ3n) is 8.47. The summed E-state index contributed by atoms with van der Waals surface area (Å²) in [5, 5.41) is 4.78. The van der Waals surface area contributed by atoms with E-state index >= 15 is 0 Å². The van der Waals surface area contributed by atoms with E-state index < -0.39 is 0 Å². The molecule has 0 amide bonds. The van der Waals surface area contributed by atoms with Crippen molar-refractivity contribution in [1.29, 1.82) is 0 Å². The zero-order valence-corrected chi connectivity index (χ0v) is 25.0. The summed E-state index contributed by atoms with van der Waals surface area (Å²) < 4.78 is 8.94. The molecule has 0 saturated heterocycles. The number of hydrogen-bond acceptors (Lipinski definition) is 4. The largest absolute Gasteiger partial charge is 0.436 e. The summed E-state index contributed by atoms with van der Waals surface area (Å²) in [6, 6.07) is 55.5. The maximum absolute atomic E-state index is 6.54. The SMILES string of the molecule is c1ccc(-c2ccc(N(c3ccc4ccccc4c3)c3c4nc(-c5ccccc5)oc4cc4sc5ccccc5c34)cc2)cc1. The quantitative estimate of drug-likeness (QED) is 0.198. The molecule has 2 heterocycles. The molecule has 0 fully saturated rings. The predicted molar refractivity (Wildman–Crippen MR) is 190 cm³/mol. The summed E-state index contributed by atoms with van der Waals surface area (Å²) in [5.74, 6) is 0.617. The molecule has 0 spiro atoms. The van der Waals surface area contributed by atoms with Crippen LogP contribution < -0.4 is 4.90 Å². The Balaban J connectivity index is 1.37. The van der Waals surface area contributed by atoms with Gasteiger partial charge < -0.3 is 9.32 Å². The Kier molecular flexibility index (Phi) is 6.00. The van der Waals surface area contributed by atoms with Crippen molar-refractivity contribution >= 4 is 70.4 Å². The fourth-order valence-corrected chi connectivity index (χ4v) is 7.46. The van der Waals surface area contributed by atoms with Crippen molar-refractivity contribution in [3.8, 4) is 22.6 Å². The topological polar surface area (TPSA) is 29.3 Å². The van der Waals surface area contributed by atoms with Gasteiger partial charge in [-0.2, -0.15) is 0 Å². The minimum atomic E-state index is 0.617. The van der Waals surface area contributed by atoms with Crippen LogP contribution in [0.5, 0.6) is 0 Å². The molecule has 0 saturated carbocycles. The molecule has 0 radical (unpaired) electrons. The van der Waals surface area contributed by atoms with Gasteiger partial charge >= 0.3 is 0 Å². The van der Waals surface area contributed by atoms with E-state index in [2.05, 4.69) is 132 Å². The molecule has 2 aromatic heterocycles. The highest BCUT2D eigenvalue weighted by molar-refractivity contribution is 7.26. The van der Waals surface area contributed by atoms with Gasteiger partial charge in [0.1, 0.15) is 5.52 Å². The molecular formula is C41H26N2OS. The third-order valence-corrected chi connectivity index (χ3v) is 9.59. The predicted octanol–water partition coefficient (Wildman–Crippen LogP) is 12.2. The summed E-state index contributed by atoms with van der Waals surface area (Å²) >= 11 is 1.79. The second-order valence-electron chi connectivity index (χ2n) is 11.2. The maximum atomic E-state index is 6.54. The molecule has 0 unspecified atom stereocenters. The minimum Gasteiger partial charge on any atom is -0.436 e. The molecule has 0 aliphatic rings. The fourth-order valence-electron chi connectivity index (χ4n) is 6.33. The van der Waals surface area contributed by atoms with E-state index in [-0.39, 0.29) is 0 Å². The van der Waals surface area contributed by atoms with Crippen molar-refractivity contribution in [1.82, 2.24) is 4.98 Å². The number of hydrogen-bond donors (Lipinski definition) is 0. The highest BCUT2D eigenvalue weighted by atomic mass is 32.1. The Morgan fingerprint density at radius 1 is 0.511 bits per heavy atom. The van der Waals surface area contributed by atoms with Gasteiger partial charge in [-0.3, -0.25) is 0 Å². The van der Waals surface area contributed by atoms with Crippen molar-refractivity contribution < 1.29 is 4.42 Å². The number of fused-ring (bicyclic) bond motifs is 5. The molecule has 45 heavy (non-hydrogen) atoms. The van der Waals surface area contributed by atoms with E-state index in [0.717, 1.165) is 33.7 Å². The van der Waals surface area contributed by atoms with Gasteiger partial charge in [0.05, 0.1) is 5.69 Å². The number of thiophene rings is 1. The molecule has 4 heteroatoms. The number of anilines is 3. The van der Waals surface area contributed by atoms with Crippen LogP contribution >= 0.6 is 11.3 Å². The highest BCUT2D eigenvalue weighted by Crippen LogP contribution is 2.49. The van der Waals surface area contributed by atoms with Crippen molar-refractivity contribution in [2.24, 2.45) is 0 Å². The van der Waals surface area contributed by atoms with E-state index in [4.69, 9.17) is 9.40 Å². The Morgan fingerprint density at radius 3 is 1.96 bits per heavy atom. The van der Waals surface area contributed by atoms with Gasteiger partial charge in [-0.15, -0.1) is 11.3 Å². The van der Waals surface area contributed by atoms with E-state index in [1.54, 1.807) is 11.3 Å². The lowest BCUT2D eigenvalue weighted by molar-refractivity contribution is 0.620. The monoisotopic (exact) mass is 594 g/mol. The van der Waals surface area contributed by atoms with Crippen LogP contribution in [0.1, 0.15) is 0 Å². The lowest BCUT2D eigenvalue weighted by atomic mass is 10.0. The Hall–Kier alpha value is -5.71. The van der Waals surface area contributed by atoms with Crippen LogP contribution in [0, 0.1) is 0 Å². The van der Waals surface area contributed by atoms with Crippen LogP contribution in [0.4, 0.5) is 17.1 Å². The molecule has 3 nitrogen and oxygen atoms in total. The molecular weight excluding hydrogens is 569 g/mol. The molecule has 0 atom stereocenters. The van der Waals surface area contributed by atoms with Gasteiger partial charge in [0.15, 0.2) is 5.58 Å². The Bertz CT molecular complexity index is 2480. The average molecular weight is 595 g/mol. The minimum absolute atomic E-state index is 0.617. The van der Waals surface area contributed by atoms with Gasteiger partial charge in [0, 0.05) is 43.2 Å². The van der Waals surface area contributed by atoms with Gasteiger partial charge in [-0.1, -0.05) is 109 Å². The third kappa shape index (κ3) is 4.38. The Labute approximate surface area is 264 Å². The van der Waals surface area contributed by atoms with Crippen LogP contribution in [-0.4, -0.2) is 4.98 Å². The smallest absolute Gasteiger partial charge is 0.227 e. The lowest BCUT2D eigenvalue weighted by Crippen LogP contribution is -2.11. The van der Waals surface area contributed by atoms with Gasteiger partial charge in [-0.25, -0.2) is 4.98 Å². The molecule has 0 N–H and O–H groups in total. The number of benzene rings is 7. The fraction of sp³-hybridized carbons (Fsp3) is 0. The second kappa shape index (κ2) is 10.5. The van der Waals surface area contributed by atoms with Gasteiger partial charge in [0.2, 0.25) is 5.89 Å². The van der Waals surface area contributed by atoms with Gasteiger partial charge in [0.25, 0.3) is 0 Å². The number of rotatable bonds is 5. The van der Waals surface area contributed by atoms with Crippen molar-refractivity contribution in [3.63, 3.8) is 0 Å². The average Bonchev–Trinajstić information content (AvgIpc) is 3.71. The summed E-state index contributed by atoms with van der Waals surface area (Å²) in [4.78, 5) is 7.58. The van der Waals surface area contributed by atoms with Crippen molar-refractivity contribution in [2.75, 3.05) is 4.90 Å². The number of aromatic nitrogens is 1.